The molecule has 0 spiro atoms. The van der Waals surface area contributed by atoms with E-state index < -0.39 is 6.67 Å². The monoisotopic (exact) mass is 244 g/mol. The molecule has 15 heavy (non-hydrogen) atoms. The molecule has 1 aromatic rings. The van der Waals surface area contributed by atoms with Gasteiger partial charge in [0.05, 0.1) is 5.75 Å². The van der Waals surface area contributed by atoms with Crippen LogP contribution in [-0.4, -0.2) is 12.0 Å². The maximum absolute atomic E-state index is 12.4. The smallest absolute Gasteiger partial charge is 0.130 e. The number of hydrogen-bond acceptors (Lipinski definition) is 2. The van der Waals surface area contributed by atoms with Crippen LogP contribution in [0.15, 0.2) is 29.7 Å². The van der Waals surface area contributed by atoms with Gasteiger partial charge in [0, 0.05) is 15.5 Å². The molecule has 0 heterocycles. The van der Waals surface area contributed by atoms with Gasteiger partial charge in [0.15, 0.2) is 0 Å². The summed E-state index contributed by atoms with van der Waals surface area (Å²) in [5, 5.41) is 0.397. The van der Waals surface area contributed by atoms with Crippen molar-refractivity contribution in [3.8, 4) is 0 Å². The molecule has 0 saturated heterocycles. The minimum atomic E-state index is -0.524. The number of benzene rings is 1. The molecule has 0 aromatic heterocycles. The Hall–Kier alpha value is -0.800. The number of alkyl halides is 1. The zero-order valence-corrected chi connectivity index (χ0v) is 9.58. The van der Waals surface area contributed by atoms with Crippen LogP contribution in [0.1, 0.15) is 11.1 Å². The summed E-state index contributed by atoms with van der Waals surface area (Å²) in [5.41, 5.74) is 1.32. The maximum atomic E-state index is 12.4. The van der Waals surface area contributed by atoms with Crippen molar-refractivity contribution in [2.45, 2.75) is 11.6 Å². The first-order valence-electron chi connectivity index (χ1n) is 4.29. The highest BCUT2D eigenvalue weighted by Crippen LogP contribution is 2.30. The second-order valence-electron chi connectivity index (χ2n) is 2.85. The summed E-state index contributed by atoms with van der Waals surface area (Å²) < 4.78 is 12.4. The summed E-state index contributed by atoms with van der Waals surface area (Å²) in [6, 6.07) is 5.07. The second-order valence-corrected chi connectivity index (χ2v) is 4.36. The number of rotatable bonds is 5. The minimum Gasteiger partial charge on any atom is -0.302 e. The molecule has 1 rings (SSSR count). The van der Waals surface area contributed by atoms with E-state index >= 15 is 0 Å². The molecule has 0 N–H and O–H groups in total. The second kappa shape index (κ2) is 5.93. The standard InChI is InChI=1S/C11H10ClFOS/c1-8(12)10-3-2-9(7-13)6-11(10)15-5-4-14/h2-4,6H,1,5,7H2. The third kappa shape index (κ3) is 3.36. The van der Waals surface area contributed by atoms with Gasteiger partial charge in [-0.3, -0.25) is 0 Å². The van der Waals surface area contributed by atoms with E-state index in [4.69, 9.17) is 11.6 Å². The first-order chi connectivity index (χ1) is 7.19. The molecule has 0 aliphatic rings. The SMILES string of the molecule is C=C(Cl)c1ccc(CF)cc1SCC=O. The highest BCUT2D eigenvalue weighted by atomic mass is 35.5. The predicted octanol–water partition coefficient (Wildman–Crippen LogP) is 3.66. The van der Waals surface area contributed by atoms with Crippen LogP contribution in [0.4, 0.5) is 4.39 Å². The van der Waals surface area contributed by atoms with Crippen molar-refractivity contribution >= 4 is 34.7 Å². The maximum Gasteiger partial charge on any atom is 0.130 e. The minimum absolute atomic E-state index is 0.326. The summed E-state index contributed by atoms with van der Waals surface area (Å²) in [6.45, 7) is 3.10. The molecule has 0 radical (unpaired) electrons. The first-order valence-corrected chi connectivity index (χ1v) is 5.65. The Kier molecular flexibility index (Phi) is 4.85. The molecule has 1 aromatic carbocycles. The van der Waals surface area contributed by atoms with Crippen molar-refractivity contribution in [2.24, 2.45) is 0 Å². The van der Waals surface area contributed by atoms with Gasteiger partial charge in [-0.1, -0.05) is 30.3 Å². The Labute approximate surface area is 97.3 Å². The van der Waals surface area contributed by atoms with E-state index in [0.29, 0.717) is 16.3 Å². The quantitative estimate of drug-likeness (QED) is 0.581. The van der Waals surface area contributed by atoms with Crippen molar-refractivity contribution in [1.29, 1.82) is 0 Å². The average Bonchev–Trinajstić information content (AvgIpc) is 2.25. The van der Waals surface area contributed by atoms with Crippen molar-refractivity contribution in [3.05, 3.63) is 35.9 Å². The average molecular weight is 245 g/mol. The molecule has 0 saturated carbocycles. The van der Waals surface area contributed by atoms with Crippen LogP contribution in [0.3, 0.4) is 0 Å². The van der Waals surface area contributed by atoms with Crippen LogP contribution in [0.5, 0.6) is 0 Å². The zero-order chi connectivity index (χ0) is 11.3. The topological polar surface area (TPSA) is 17.1 Å². The predicted molar refractivity (Wildman–Crippen MR) is 62.9 cm³/mol. The fourth-order valence-electron chi connectivity index (χ4n) is 1.12. The van der Waals surface area contributed by atoms with Gasteiger partial charge < -0.3 is 4.79 Å². The Morgan fingerprint density at radius 2 is 2.33 bits per heavy atom. The first kappa shape index (κ1) is 12.3. The number of thioether (sulfide) groups is 1. The molecule has 0 unspecified atom stereocenters. The van der Waals surface area contributed by atoms with Crippen LogP contribution in [0.2, 0.25) is 0 Å². The van der Waals surface area contributed by atoms with E-state index in [1.54, 1.807) is 18.2 Å². The molecular weight excluding hydrogens is 235 g/mol. The number of carbonyl (C=O) groups is 1. The molecule has 0 aliphatic carbocycles. The molecule has 0 amide bonds. The Balaban J connectivity index is 3.04. The van der Waals surface area contributed by atoms with E-state index in [1.807, 2.05) is 0 Å². The summed E-state index contributed by atoms with van der Waals surface area (Å²) >= 11 is 7.12. The Bertz CT molecular complexity index is 379. The molecule has 1 nitrogen and oxygen atoms in total. The van der Waals surface area contributed by atoms with Gasteiger partial charge >= 0.3 is 0 Å². The highest BCUT2D eigenvalue weighted by Gasteiger charge is 2.06. The Morgan fingerprint density at radius 3 is 2.87 bits per heavy atom. The van der Waals surface area contributed by atoms with Crippen LogP contribution in [-0.2, 0) is 11.5 Å². The lowest BCUT2D eigenvalue weighted by Gasteiger charge is -2.07. The summed E-state index contributed by atoms with van der Waals surface area (Å²) in [7, 11) is 0. The normalized spacial score (nSPS) is 10.0. The molecule has 4 heteroatoms. The van der Waals surface area contributed by atoms with E-state index in [2.05, 4.69) is 6.58 Å². The van der Waals surface area contributed by atoms with E-state index in [-0.39, 0.29) is 0 Å². The molecule has 0 atom stereocenters. The molecular formula is C11H10ClFOS. The van der Waals surface area contributed by atoms with E-state index in [0.717, 1.165) is 16.7 Å². The highest BCUT2D eigenvalue weighted by molar-refractivity contribution is 8.00. The third-order valence-corrected chi connectivity index (χ3v) is 2.95. The van der Waals surface area contributed by atoms with Gasteiger partial charge in [-0.25, -0.2) is 4.39 Å². The molecule has 0 aliphatic heterocycles. The van der Waals surface area contributed by atoms with Crippen molar-refractivity contribution < 1.29 is 9.18 Å². The lowest BCUT2D eigenvalue weighted by atomic mass is 10.1. The van der Waals surface area contributed by atoms with Crippen molar-refractivity contribution in [1.82, 2.24) is 0 Å². The Morgan fingerprint density at radius 1 is 1.60 bits per heavy atom. The molecule has 80 valence electrons. The fourth-order valence-corrected chi connectivity index (χ4v) is 2.17. The van der Waals surface area contributed by atoms with Crippen LogP contribution < -0.4 is 0 Å². The van der Waals surface area contributed by atoms with Gasteiger partial charge in [0.25, 0.3) is 0 Å². The molecule has 0 fully saturated rings. The van der Waals surface area contributed by atoms with Gasteiger partial charge in [-0.2, -0.15) is 0 Å². The van der Waals surface area contributed by atoms with Crippen LogP contribution in [0.25, 0.3) is 5.03 Å². The van der Waals surface area contributed by atoms with E-state index in [9.17, 15) is 9.18 Å². The van der Waals surface area contributed by atoms with Gasteiger partial charge in [-0.05, 0) is 11.6 Å². The van der Waals surface area contributed by atoms with Gasteiger partial charge in [0.2, 0.25) is 0 Å². The van der Waals surface area contributed by atoms with Gasteiger partial charge in [-0.15, -0.1) is 11.8 Å². The van der Waals surface area contributed by atoms with Crippen LogP contribution >= 0.6 is 23.4 Å². The zero-order valence-electron chi connectivity index (χ0n) is 8.00. The fraction of sp³-hybridized carbons (Fsp3) is 0.182. The summed E-state index contributed by atoms with van der Waals surface area (Å²) in [4.78, 5) is 11.1. The van der Waals surface area contributed by atoms with Gasteiger partial charge in [0.1, 0.15) is 13.0 Å². The number of carbonyl (C=O) groups excluding carboxylic acids is 1. The number of hydrogen-bond donors (Lipinski definition) is 0. The number of aldehydes is 1. The lowest BCUT2D eigenvalue weighted by molar-refractivity contribution is -0.105. The summed E-state index contributed by atoms with van der Waals surface area (Å²) in [5.74, 6) is 0.326. The van der Waals surface area contributed by atoms with Crippen molar-refractivity contribution in [2.75, 3.05) is 5.75 Å². The van der Waals surface area contributed by atoms with Crippen molar-refractivity contribution in [3.63, 3.8) is 0 Å². The number of halogens is 2. The van der Waals surface area contributed by atoms with E-state index in [1.165, 1.54) is 11.8 Å². The largest absolute Gasteiger partial charge is 0.302 e. The summed E-state index contributed by atoms with van der Waals surface area (Å²) in [6.07, 6.45) is 0.799. The van der Waals surface area contributed by atoms with Crippen LogP contribution in [0, 0.1) is 0 Å². The lowest BCUT2D eigenvalue weighted by Crippen LogP contribution is -1.88. The molecule has 0 bridgehead atoms. The third-order valence-electron chi connectivity index (χ3n) is 1.80.